The summed E-state index contributed by atoms with van der Waals surface area (Å²) in [6.45, 7) is 10.9. The van der Waals surface area contributed by atoms with E-state index in [0.717, 1.165) is 30.2 Å². The average Bonchev–Trinajstić information content (AvgIpc) is 2.87. The van der Waals surface area contributed by atoms with Gasteiger partial charge in [-0.2, -0.15) is 0 Å². The summed E-state index contributed by atoms with van der Waals surface area (Å²) in [5, 5.41) is 0. The van der Waals surface area contributed by atoms with Crippen molar-refractivity contribution in [1.82, 2.24) is 14.9 Å². The molecule has 3 heterocycles. The molecule has 23 heavy (non-hydrogen) atoms. The summed E-state index contributed by atoms with van der Waals surface area (Å²) in [6.07, 6.45) is 1.36. The lowest BCUT2D eigenvalue weighted by molar-refractivity contribution is 0.0240. The third-order valence-electron chi connectivity index (χ3n) is 4.05. The van der Waals surface area contributed by atoms with Crippen molar-refractivity contribution in [2.75, 3.05) is 31.1 Å². The zero-order chi connectivity index (χ0) is 16.6. The van der Waals surface area contributed by atoms with Gasteiger partial charge in [0.15, 0.2) is 0 Å². The van der Waals surface area contributed by atoms with Crippen LogP contribution in [0.3, 0.4) is 0 Å². The zero-order valence-electron chi connectivity index (χ0n) is 14.2. The minimum Gasteiger partial charge on any atom is -0.444 e. The zero-order valence-corrected chi connectivity index (χ0v) is 14.2. The van der Waals surface area contributed by atoms with Gasteiger partial charge in [-0.25, -0.2) is 14.8 Å². The first-order valence-electron chi connectivity index (χ1n) is 8.03. The average molecular weight is 320 g/mol. The smallest absolute Gasteiger partial charge is 0.410 e. The van der Waals surface area contributed by atoms with E-state index in [1.807, 2.05) is 27.7 Å². The van der Waals surface area contributed by atoms with Crippen LogP contribution >= 0.6 is 0 Å². The van der Waals surface area contributed by atoms with Gasteiger partial charge in [0, 0.05) is 31.7 Å². The molecule has 1 aromatic heterocycles. The van der Waals surface area contributed by atoms with Crippen molar-refractivity contribution in [1.29, 1.82) is 0 Å². The van der Waals surface area contributed by atoms with Gasteiger partial charge >= 0.3 is 6.09 Å². The number of anilines is 1. The maximum absolute atomic E-state index is 12.1. The fraction of sp³-hybridized carbons (Fsp3) is 0.688. The summed E-state index contributed by atoms with van der Waals surface area (Å²) in [7, 11) is 0. The molecule has 3 rings (SSSR count). The highest BCUT2D eigenvalue weighted by atomic mass is 16.6. The number of hydrogen-bond acceptors (Lipinski definition) is 6. The highest BCUT2D eigenvalue weighted by Crippen LogP contribution is 2.35. The number of fused-ring (bicyclic) bond motifs is 1. The van der Waals surface area contributed by atoms with E-state index in [4.69, 9.17) is 9.47 Å². The maximum Gasteiger partial charge on any atom is 0.410 e. The summed E-state index contributed by atoms with van der Waals surface area (Å²) < 4.78 is 11.1. The molecule has 2 aliphatic heterocycles. The molecule has 0 aliphatic carbocycles. The third kappa shape index (κ3) is 3.39. The Morgan fingerprint density at radius 1 is 1.26 bits per heavy atom. The van der Waals surface area contributed by atoms with Crippen LogP contribution in [0.15, 0.2) is 6.33 Å². The fourth-order valence-corrected chi connectivity index (χ4v) is 2.92. The number of hydrogen-bond donors (Lipinski definition) is 0. The molecule has 1 amide bonds. The molecule has 0 spiro atoms. The van der Waals surface area contributed by atoms with E-state index < -0.39 is 5.60 Å². The number of ether oxygens (including phenoxy) is 2. The quantitative estimate of drug-likeness (QED) is 0.789. The second-order valence-corrected chi connectivity index (χ2v) is 6.97. The first kappa shape index (κ1) is 16.0. The number of rotatable bonds is 1. The topological polar surface area (TPSA) is 67.8 Å². The molecule has 126 valence electrons. The van der Waals surface area contributed by atoms with E-state index in [9.17, 15) is 4.79 Å². The van der Waals surface area contributed by atoms with Crippen molar-refractivity contribution in [3.05, 3.63) is 17.6 Å². The Morgan fingerprint density at radius 2 is 1.96 bits per heavy atom. The molecule has 0 aromatic carbocycles. The Balaban J connectivity index is 1.67. The van der Waals surface area contributed by atoms with Crippen molar-refractivity contribution in [2.24, 2.45) is 0 Å². The van der Waals surface area contributed by atoms with Gasteiger partial charge < -0.3 is 19.3 Å². The van der Waals surface area contributed by atoms with Crippen molar-refractivity contribution < 1.29 is 14.3 Å². The Labute approximate surface area is 136 Å². The molecule has 1 unspecified atom stereocenters. The molecule has 1 atom stereocenters. The van der Waals surface area contributed by atoms with Gasteiger partial charge in [-0.1, -0.05) is 0 Å². The number of piperazine rings is 1. The van der Waals surface area contributed by atoms with Crippen LogP contribution in [0.25, 0.3) is 0 Å². The predicted octanol–water partition coefficient (Wildman–Crippen LogP) is 2.12. The normalized spacial score (nSPS) is 21.3. The lowest BCUT2D eigenvalue weighted by Gasteiger charge is -2.36. The lowest BCUT2D eigenvalue weighted by atomic mass is 10.1. The Hall–Kier alpha value is -1.89. The molecule has 1 aromatic rings. The van der Waals surface area contributed by atoms with E-state index in [-0.39, 0.29) is 12.2 Å². The van der Waals surface area contributed by atoms with E-state index in [2.05, 4.69) is 14.9 Å². The third-order valence-corrected chi connectivity index (χ3v) is 4.05. The highest BCUT2D eigenvalue weighted by Gasteiger charge is 2.31. The van der Waals surface area contributed by atoms with E-state index in [0.29, 0.717) is 19.7 Å². The van der Waals surface area contributed by atoms with Crippen LogP contribution in [0.5, 0.6) is 0 Å². The first-order valence-corrected chi connectivity index (χ1v) is 8.03. The molecule has 7 heteroatoms. The molecule has 0 radical (unpaired) electrons. The SMILES string of the molecule is CC1OCc2ncnc(N3CCN(C(=O)OC(C)(C)C)CC3)c21. The van der Waals surface area contributed by atoms with Crippen LogP contribution in [-0.2, 0) is 16.1 Å². The Bertz CT molecular complexity index is 591. The Kier molecular flexibility index (Phi) is 4.14. The molecule has 7 nitrogen and oxygen atoms in total. The summed E-state index contributed by atoms with van der Waals surface area (Å²) >= 11 is 0. The van der Waals surface area contributed by atoms with Gasteiger partial charge in [-0.3, -0.25) is 0 Å². The van der Waals surface area contributed by atoms with Crippen molar-refractivity contribution >= 4 is 11.9 Å². The lowest BCUT2D eigenvalue weighted by Crippen LogP contribution is -2.50. The molecule has 1 saturated heterocycles. The second kappa shape index (κ2) is 5.96. The largest absolute Gasteiger partial charge is 0.444 e. The standard InChI is InChI=1S/C16H24N4O3/c1-11-13-12(9-22-11)17-10-18-14(13)19-5-7-20(8-6-19)15(21)23-16(2,3)4/h10-11H,5-9H2,1-4H3. The van der Waals surface area contributed by atoms with Gasteiger partial charge in [-0.15, -0.1) is 0 Å². The molecular weight excluding hydrogens is 296 g/mol. The van der Waals surface area contributed by atoms with E-state index in [1.54, 1.807) is 11.2 Å². The summed E-state index contributed by atoms with van der Waals surface area (Å²) in [5.74, 6) is 0.934. The van der Waals surface area contributed by atoms with E-state index >= 15 is 0 Å². The Morgan fingerprint density at radius 3 is 2.61 bits per heavy atom. The van der Waals surface area contributed by atoms with Crippen LogP contribution in [0, 0.1) is 0 Å². The van der Waals surface area contributed by atoms with E-state index in [1.165, 1.54) is 0 Å². The summed E-state index contributed by atoms with van der Waals surface area (Å²) in [6, 6.07) is 0. The molecule has 0 saturated carbocycles. The van der Waals surface area contributed by atoms with Gasteiger partial charge in [0.05, 0.1) is 18.4 Å². The van der Waals surface area contributed by atoms with Gasteiger partial charge in [0.2, 0.25) is 0 Å². The van der Waals surface area contributed by atoms with Crippen LogP contribution in [0.1, 0.15) is 45.1 Å². The number of carbonyl (C=O) groups excluding carboxylic acids is 1. The van der Waals surface area contributed by atoms with Gasteiger partial charge in [0.1, 0.15) is 17.7 Å². The number of carbonyl (C=O) groups is 1. The number of nitrogens with zero attached hydrogens (tertiary/aromatic N) is 4. The second-order valence-electron chi connectivity index (χ2n) is 6.97. The number of aromatic nitrogens is 2. The van der Waals surface area contributed by atoms with Crippen LogP contribution in [0.2, 0.25) is 0 Å². The molecule has 0 bridgehead atoms. The highest BCUT2D eigenvalue weighted by molar-refractivity contribution is 5.68. The monoisotopic (exact) mass is 320 g/mol. The van der Waals surface area contributed by atoms with Crippen molar-refractivity contribution in [2.45, 2.75) is 46.0 Å². The van der Waals surface area contributed by atoms with Crippen LogP contribution < -0.4 is 4.90 Å². The summed E-state index contributed by atoms with van der Waals surface area (Å²) in [4.78, 5) is 24.8. The van der Waals surface area contributed by atoms with Crippen LogP contribution in [0.4, 0.5) is 10.6 Å². The van der Waals surface area contributed by atoms with Crippen LogP contribution in [-0.4, -0.2) is 52.7 Å². The first-order chi connectivity index (χ1) is 10.8. The fourth-order valence-electron chi connectivity index (χ4n) is 2.92. The molecular formula is C16H24N4O3. The van der Waals surface area contributed by atoms with Gasteiger partial charge in [0.25, 0.3) is 0 Å². The van der Waals surface area contributed by atoms with Gasteiger partial charge in [-0.05, 0) is 27.7 Å². The minimum atomic E-state index is -0.464. The molecule has 0 N–H and O–H groups in total. The molecule has 2 aliphatic rings. The predicted molar refractivity (Wildman–Crippen MR) is 85.3 cm³/mol. The van der Waals surface area contributed by atoms with Crippen molar-refractivity contribution in [3.8, 4) is 0 Å². The van der Waals surface area contributed by atoms with Crippen molar-refractivity contribution in [3.63, 3.8) is 0 Å². The number of amides is 1. The minimum absolute atomic E-state index is 0.0186. The molecule has 1 fully saturated rings. The summed E-state index contributed by atoms with van der Waals surface area (Å²) in [5.41, 5.74) is 1.59. The maximum atomic E-state index is 12.1.